The summed E-state index contributed by atoms with van der Waals surface area (Å²) in [6.45, 7) is 1.79. The van der Waals surface area contributed by atoms with Gasteiger partial charge in [-0.2, -0.15) is 0 Å². The van der Waals surface area contributed by atoms with Gasteiger partial charge < -0.3 is 15.7 Å². The average Bonchev–Trinajstić information content (AvgIpc) is 2.56. The van der Waals surface area contributed by atoms with E-state index in [9.17, 15) is 18.0 Å². The van der Waals surface area contributed by atoms with E-state index in [1.54, 1.807) is 31.2 Å². The fourth-order valence-electron chi connectivity index (χ4n) is 2.96. The fraction of sp³-hybridized carbons (Fsp3) is 0.529. The van der Waals surface area contributed by atoms with Crippen LogP contribution in [-0.4, -0.2) is 37.3 Å². The molecule has 2 amide bonds. The predicted octanol–water partition coefficient (Wildman–Crippen LogP) is 2.60. The van der Waals surface area contributed by atoms with Crippen LogP contribution in [0.4, 0.5) is 16.2 Å². The Morgan fingerprint density at radius 3 is 2.19 bits per heavy atom. The van der Waals surface area contributed by atoms with E-state index in [1.807, 2.05) is 0 Å². The molecule has 1 aliphatic carbocycles. The predicted molar refractivity (Wildman–Crippen MR) is 99.7 cm³/mol. The molecule has 1 saturated carbocycles. The van der Waals surface area contributed by atoms with Gasteiger partial charge in [0.25, 0.3) is 0 Å². The van der Waals surface area contributed by atoms with Crippen LogP contribution in [0.15, 0.2) is 24.3 Å². The van der Waals surface area contributed by atoms with Gasteiger partial charge in [0.05, 0.1) is 11.7 Å². The summed E-state index contributed by atoms with van der Waals surface area (Å²) in [7, 11) is -3.34. The molecule has 1 aromatic carbocycles. The molecular weight excluding hydrogens is 358 g/mol. The molecule has 4 N–H and O–H groups in total. The molecular formula is C17H25N3O5S. The van der Waals surface area contributed by atoms with Crippen molar-refractivity contribution in [3.8, 4) is 0 Å². The van der Waals surface area contributed by atoms with Crippen molar-refractivity contribution in [1.82, 2.24) is 5.32 Å². The minimum atomic E-state index is -3.34. The van der Waals surface area contributed by atoms with E-state index in [4.69, 9.17) is 5.11 Å². The van der Waals surface area contributed by atoms with Gasteiger partial charge in [0.2, 0.25) is 10.0 Å². The largest absolute Gasteiger partial charge is 0.481 e. The van der Waals surface area contributed by atoms with Gasteiger partial charge in [-0.05, 0) is 56.4 Å². The van der Waals surface area contributed by atoms with E-state index in [0.717, 1.165) is 0 Å². The molecule has 0 aliphatic heterocycles. The second-order valence-corrected chi connectivity index (χ2v) is 8.33. The van der Waals surface area contributed by atoms with Gasteiger partial charge in [-0.3, -0.25) is 9.52 Å². The van der Waals surface area contributed by atoms with Gasteiger partial charge in [0, 0.05) is 17.4 Å². The third-order valence-corrected chi connectivity index (χ3v) is 5.79. The molecule has 1 aromatic rings. The number of carboxylic acids is 1. The van der Waals surface area contributed by atoms with Crippen LogP contribution in [0, 0.1) is 5.92 Å². The van der Waals surface area contributed by atoms with Crippen LogP contribution in [0.2, 0.25) is 0 Å². The summed E-state index contributed by atoms with van der Waals surface area (Å²) in [5, 5.41) is 14.5. The molecule has 0 saturated heterocycles. The maximum Gasteiger partial charge on any atom is 0.319 e. The highest BCUT2D eigenvalue weighted by Crippen LogP contribution is 2.24. The molecule has 1 fully saturated rings. The van der Waals surface area contributed by atoms with Crippen LogP contribution in [0.3, 0.4) is 0 Å². The molecule has 0 spiro atoms. The zero-order valence-electron chi connectivity index (χ0n) is 14.7. The number of rotatable bonds is 7. The first-order chi connectivity index (χ1) is 12.3. The molecule has 8 nitrogen and oxygen atoms in total. The molecule has 0 radical (unpaired) electrons. The summed E-state index contributed by atoms with van der Waals surface area (Å²) in [4.78, 5) is 23.0. The first kappa shape index (κ1) is 20.0. The zero-order chi connectivity index (χ0) is 19.2. The minimum absolute atomic E-state index is 0.0364. The Bertz CT molecular complexity index is 725. The summed E-state index contributed by atoms with van der Waals surface area (Å²) in [6.07, 6.45) is 2.94. The normalized spacial score (nSPS) is 20.2. The number of hydrogen-bond donors (Lipinski definition) is 4. The molecule has 2 rings (SSSR count). The standard InChI is InChI=1S/C17H25N3O5S/c1-2-11-26(24,25)20-15-9-7-14(8-10-15)19-17(23)18-13-5-3-12(4-6-13)16(21)22/h7-10,12-13,20H,2-6,11H2,1H3,(H,21,22)(H2,18,19,23). The summed E-state index contributed by atoms with van der Waals surface area (Å²) < 4.78 is 25.9. The van der Waals surface area contributed by atoms with Crippen LogP contribution in [0.5, 0.6) is 0 Å². The lowest BCUT2D eigenvalue weighted by molar-refractivity contribution is -0.142. The van der Waals surface area contributed by atoms with Crippen molar-refractivity contribution in [1.29, 1.82) is 0 Å². The Morgan fingerprint density at radius 1 is 1.08 bits per heavy atom. The van der Waals surface area contributed by atoms with Crippen molar-refractivity contribution < 1.29 is 23.1 Å². The van der Waals surface area contributed by atoms with E-state index in [-0.39, 0.29) is 23.7 Å². The molecule has 0 heterocycles. The number of carbonyl (C=O) groups excluding carboxylic acids is 1. The molecule has 9 heteroatoms. The van der Waals surface area contributed by atoms with Crippen LogP contribution in [-0.2, 0) is 14.8 Å². The SMILES string of the molecule is CCCS(=O)(=O)Nc1ccc(NC(=O)NC2CCC(C(=O)O)CC2)cc1. The Balaban J connectivity index is 1.81. The van der Waals surface area contributed by atoms with Gasteiger partial charge in [-0.25, -0.2) is 13.2 Å². The van der Waals surface area contributed by atoms with Gasteiger partial charge in [-0.15, -0.1) is 0 Å². The van der Waals surface area contributed by atoms with Gasteiger partial charge in [0.1, 0.15) is 0 Å². The second kappa shape index (κ2) is 8.88. The number of carboxylic acid groups (broad SMARTS) is 1. The number of amides is 2. The van der Waals surface area contributed by atoms with Crippen molar-refractivity contribution in [3.63, 3.8) is 0 Å². The first-order valence-electron chi connectivity index (χ1n) is 8.70. The minimum Gasteiger partial charge on any atom is -0.481 e. The summed E-state index contributed by atoms with van der Waals surface area (Å²) in [5.41, 5.74) is 0.983. The highest BCUT2D eigenvalue weighted by Gasteiger charge is 2.26. The number of hydrogen-bond acceptors (Lipinski definition) is 4. The van der Waals surface area contributed by atoms with Crippen molar-refractivity contribution >= 4 is 33.4 Å². The Hall–Kier alpha value is -2.29. The van der Waals surface area contributed by atoms with Crippen molar-refractivity contribution in [2.45, 2.75) is 45.1 Å². The summed E-state index contributed by atoms with van der Waals surface area (Å²) in [6, 6.07) is 6.01. The number of aliphatic carboxylic acids is 1. The fourth-order valence-corrected chi connectivity index (χ4v) is 4.09. The molecule has 0 bridgehead atoms. The number of urea groups is 1. The Morgan fingerprint density at radius 2 is 1.65 bits per heavy atom. The highest BCUT2D eigenvalue weighted by molar-refractivity contribution is 7.92. The maximum absolute atomic E-state index is 12.0. The second-order valence-electron chi connectivity index (χ2n) is 6.48. The molecule has 0 atom stereocenters. The van der Waals surface area contributed by atoms with Crippen molar-refractivity contribution in [2.24, 2.45) is 5.92 Å². The third kappa shape index (κ3) is 6.21. The number of carbonyl (C=O) groups is 2. The molecule has 0 aromatic heterocycles. The first-order valence-corrected chi connectivity index (χ1v) is 10.3. The average molecular weight is 383 g/mol. The van der Waals surface area contributed by atoms with Gasteiger partial charge in [0.15, 0.2) is 0 Å². The van der Waals surface area contributed by atoms with Crippen LogP contribution >= 0.6 is 0 Å². The topological polar surface area (TPSA) is 125 Å². The number of anilines is 2. The lowest BCUT2D eigenvalue weighted by atomic mass is 9.86. The molecule has 1 aliphatic rings. The smallest absolute Gasteiger partial charge is 0.319 e. The Labute approximate surface area is 153 Å². The van der Waals surface area contributed by atoms with E-state index in [0.29, 0.717) is 43.5 Å². The maximum atomic E-state index is 12.0. The molecule has 144 valence electrons. The third-order valence-electron chi connectivity index (χ3n) is 4.30. The quantitative estimate of drug-likeness (QED) is 0.576. The highest BCUT2D eigenvalue weighted by atomic mass is 32.2. The number of sulfonamides is 1. The van der Waals surface area contributed by atoms with Crippen LogP contribution in [0.25, 0.3) is 0 Å². The summed E-state index contributed by atoms with van der Waals surface area (Å²) >= 11 is 0. The van der Waals surface area contributed by atoms with E-state index < -0.39 is 16.0 Å². The van der Waals surface area contributed by atoms with Crippen molar-refractivity contribution in [2.75, 3.05) is 15.8 Å². The number of benzene rings is 1. The molecule has 0 unspecified atom stereocenters. The van der Waals surface area contributed by atoms with E-state index >= 15 is 0 Å². The lowest BCUT2D eigenvalue weighted by Gasteiger charge is -2.26. The van der Waals surface area contributed by atoms with Gasteiger partial charge in [-0.1, -0.05) is 6.92 Å². The number of nitrogens with one attached hydrogen (secondary N) is 3. The lowest BCUT2D eigenvalue weighted by Crippen LogP contribution is -2.40. The van der Waals surface area contributed by atoms with Crippen LogP contribution < -0.4 is 15.4 Å². The molecule has 26 heavy (non-hydrogen) atoms. The van der Waals surface area contributed by atoms with Crippen molar-refractivity contribution in [3.05, 3.63) is 24.3 Å². The van der Waals surface area contributed by atoms with Crippen LogP contribution in [0.1, 0.15) is 39.0 Å². The zero-order valence-corrected chi connectivity index (χ0v) is 15.5. The van der Waals surface area contributed by atoms with E-state index in [1.165, 1.54) is 0 Å². The monoisotopic (exact) mass is 383 g/mol. The van der Waals surface area contributed by atoms with E-state index in [2.05, 4.69) is 15.4 Å². The summed E-state index contributed by atoms with van der Waals surface area (Å²) in [5.74, 6) is -1.04. The van der Waals surface area contributed by atoms with Gasteiger partial charge >= 0.3 is 12.0 Å². The Kier molecular flexibility index (Phi) is 6.84.